The Morgan fingerprint density at radius 1 is 1.21 bits per heavy atom. The lowest BCUT2D eigenvalue weighted by molar-refractivity contribution is -0.119. The van der Waals surface area contributed by atoms with Gasteiger partial charge >= 0.3 is 0 Å². The van der Waals surface area contributed by atoms with Crippen LogP contribution >= 0.6 is 11.8 Å². The van der Waals surface area contributed by atoms with E-state index in [4.69, 9.17) is 4.42 Å². The standard InChI is InChI=1S/C18H23N3O2S/c1-13-7-9-14(10-8-13)11-17-20-21-18(23-17)24-12-16(22)19-15-5-3-2-4-6-15/h7-10,15H,2-6,11-12H2,1H3,(H,19,22). The number of thioether (sulfide) groups is 1. The van der Waals surface area contributed by atoms with Gasteiger partial charge in [-0.25, -0.2) is 0 Å². The largest absolute Gasteiger partial charge is 0.416 e. The number of nitrogens with zero attached hydrogens (tertiary/aromatic N) is 2. The van der Waals surface area contributed by atoms with E-state index in [1.807, 2.05) is 0 Å². The quantitative estimate of drug-likeness (QED) is 0.812. The molecule has 2 aromatic rings. The fourth-order valence-electron chi connectivity index (χ4n) is 2.89. The summed E-state index contributed by atoms with van der Waals surface area (Å²) in [6.45, 7) is 2.06. The van der Waals surface area contributed by atoms with Crippen molar-refractivity contribution < 1.29 is 9.21 Å². The van der Waals surface area contributed by atoms with E-state index in [0.29, 0.717) is 29.3 Å². The van der Waals surface area contributed by atoms with E-state index in [1.165, 1.54) is 36.6 Å². The highest BCUT2D eigenvalue weighted by Crippen LogP contribution is 2.20. The summed E-state index contributed by atoms with van der Waals surface area (Å²) in [5.41, 5.74) is 2.36. The van der Waals surface area contributed by atoms with Crippen molar-refractivity contribution in [3.63, 3.8) is 0 Å². The average molecular weight is 345 g/mol. The Hall–Kier alpha value is -1.82. The van der Waals surface area contributed by atoms with Gasteiger partial charge < -0.3 is 9.73 Å². The number of nitrogens with one attached hydrogen (secondary N) is 1. The van der Waals surface area contributed by atoms with Crippen LogP contribution < -0.4 is 5.32 Å². The minimum Gasteiger partial charge on any atom is -0.416 e. The van der Waals surface area contributed by atoms with E-state index in [-0.39, 0.29) is 5.91 Å². The molecule has 1 aliphatic rings. The van der Waals surface area contributed by atoms with Crippen LogP contribution in [0.4, 0.5) is 0 Å². The summed E-state index contributed by atoms with van der Waals surface area (Å²) < 4.78 is 5.62. The SMILES string of the molecule is Cc1ccc(Cc2nnc(SCC(=O)NC3CCCCC3)o2)cc1. The molecule has 128 valence electrons. The maximum Gasteiger partial charge on any atom is 0.277 e. The molecule has 1 N–H and O–H groups in total. The lowest BCUT2D eigenvalue weighted by Gasteiger charge is -2.22. The first kappa shape index (κ1) is 17.0. The van der Waals surface area contributed by atoms with Crippen molar-refractivity contribution in [2.75, 3.05) is 5.75 Å². The Kier molecular flexibility index (Phi) is 5.91. The molecule has 0 unspecified atom stereocenters. The zero-order valence-electron chi connectivity index (χ0n) is 14.0. The first-order valence-electron chi connectivity index (χ1n) is 8.49. The molecule has 1 aliphatic carbocycles. The molecule has 6 heteroatoms. The van der Waals surface area contributed by atoms with E-state index in [2.05, 4.69) is 46.7 Å². The summed E-state index contributed by atoms with van der Waals surface area (Å²) in [5, 5.41) is 11.6. The van der Waals surface area contributed by atoms with Crippen LogP contribution in [0, 0.1) is 6.92 Å². The molecule has 0 atom stereocenters. The Bertz CT molecular complexity index is 663. The van der Waals surface area contributed by atoms with Gasteiger partial charge in [-0.1, -0.05) is 60.9 Å². The van der Waals surface area contributed by atoms with Gasteiger partial charge in [-0.05, 0) is 25.3 Å². The highest BCUT2D eigenvalue weighted by molar-refractivity contribution is 7.99. The van der Waals surface area contributed by atoms with Crippen LogP contribution in [0.3, 0.4) is 0 Å². The van der Waals surface area contributed by atoms with Crippen molar-refractivity contribution in [1.29, 1.82) is 0 Å². The lowest BCUT2D eigenvalue weighted by atomic mass is 9.95. The molecule has 1 heterocycles. The second-order valence-corrected chi connectivity index (χ2v) is 7.24. The Morgan fingerprint density at radius 3 is 2.71 bits per heavy atom. The summed E-state index contributed by atoms with van der Waals surface area (Å²) in [6, 6.07) is 8.59. The molecule has 24 heavy (non-hydrogen) atoms. The molecule has 3 rings (SSSR count). The molecule has 1 amide bonds. The molecule has 1 saturated carbocycles. The van der Waals surface area contributed by atoms with E-state index in [9.17, 15) is 4.79 Å². The van der Waals surface area contributed by atoms with Gasteiger partial charge in [-0.2, -0.15) is 0 Å². The van der Waals surface area contributed by atoms with Gasteiger partial charge in [0.15, 0.2) is 0 Å². The maximum atomic E-state index is 12.0. The number of aryl methyl sites for hydroxylation is 1. The van der Waals surface area contributed by atoms with Crippen molar-refractivity contribution in [3.05, 3.63) is 41.3 Å². The van der Waals surface area contributed by atoms with Crippen molar-refractivity contribution >= 4 is 17.7 Å². The van der Waals surface area contributed by atoms with Crippen molar-refractivity contribution in [3.8, 4) is 0 Å². The molecule has 0 aliphatic heterocycles. The van der Waals surface area contributed by atoms with Crippen LogP contribution in [0.25, 0.3) is 0 Å². The molecule has 1 aromatic heterocycles. The summed E-state index contributed by atoms with van der Waals surface area (Å²) in [4.78, 5) is 12.0. The van der Waals surface area contributed by atoms with Crippen LogP contribution in [0.15, 0.2) is 33.9 Å². The first-order chi connectivity index (χ1) is 11.7. The number of carbonyl (C=O) groups is 1. The van der Waals surface area contributed by atoms with Crippen molar-refractivity contribution in [2.45, 2.75) is 56.7 Å². The third kappa shape index (κ3) is 5.09. The fourth-order valence-corrected chi connectivity index (χ4v) is 3.48. The van der Waals surface area contributed by atoms with E-state index in [1.54, 1.807) is 0 Å². The second kappa shape index (κ2) is 8.33. The molecule has 0 radical (unpaired) electrons. The van der Waals surface area contributed by atoms with E-state index >= 15 is 0 Å². The molecule has 0 bridgehead atoms. The zero-order chi connectivity index (χ0) is 16.8. The molecule has 1 aromatic carbocycles. The molecule has 1 fully saturated rings. The third-order valence-electron chi connectivity index (χ3n) is 4.22. The van der Waals surface area contributed by atoms with Gasteiger partial charge in [-0.3, -0.25) is 4.79 Å². The second-order valence-electron chi connectivity index (χ2n) is 6.32. The van der Waals surface area contributed by atoms with Crippen molar-refractivity contribution in [1.82, 2.24) is 15.5 Å². The van der Waals surface area contributed by atoms with Gasteiger partial charge in [-0.15, -0.1) is 10.2 Å². The molecular formula is C18H23N3O2S. The normalized spacial score (nSPS) is 15.4. The number of amides is 1. The minimum absolute atomic E-state index is 0.0465. The zero-order valence-corrected chi connectivity index (χ0v) is 14.8. The Labute approximate surface area is 146 Å². The number of hydrogen-bond acceptors (Lipinski definition) is 5. The topological polar surface area (TPSA) is 68.0 Å². The smallest absolute Gasteiger partial charge is 0.277 e. The Balaban J connectivity index is 1.45. The van der Waals surface area contributed by atoms with Crippen LogP contribution in [0.2, 0.25) is 0 Å². The molecule has 0 saturated heterocycles. The monoisotopic (exact) mass is 345 g/mol. The third-order valence-corrected chi connectivity index (χ3v) is 5.04. The first-order valence-corrected chi connectivity index (χ1v) is 9.48. The van der Waals surface area contributed by atoms with Crippen LogP contribution in [-0.2, 0) is 11.2 Å². The van der Waals surface area contributed by atoms with E-state index < -0.39 is 0 Å². The van der Waals surface area contributed by atoms with E-state index in [0.717, 1.165) is 18.4 Å². The summed E-state index contributed by atoms with van der Waals surface area (Å²) in [5.74, 6) is 0.946. The summed E-state index contributed by atoms with van der Waals surface area (Å²) in [7, 11) is 0. The molecule has 5 nitrogen and oxygen atoms in total. The number of carbonyl (C=O) groups excluding carboxylic acids is 1. The lowest BCUT2D eigenvalue weighted by Crippen LogP contribution is -2.37. The van der Waals surface area contributed by atoms with Crippen LogP contribution in [0.5, 0.6) is 0 Å². The van der Waals surface area contributed by atoms with Crippen LogP contribution in [0.1, 0.15) is 49.1 Å². The summed E-state index contributed by atoms with van der Waals surface area (Å²) >= 11 is 1.30. The van der Waals surface area contributed by atoms with Gasteiger partial charge in [0.05, 0.1) is 12.2 Å². The van der Waals surface area contributed by atoms with Crippen LogP contribution in [-0.4, -0.2) is 27.9 Å². The van der Waals surface area contributed by atoms with Gasteiger partial charge in [0.25, 0.3) is 5.22 Å². The highest BCUT2D eigenvalue weighted by Gasteiger charge is 2.16. The number of benzene rings is 1. The number of rotatable bonds is 6. The fraction of sp³-hybridized carbons (Fsp3) is 0.500. The van der Waals surface area contributed by atoms with Gasteiger partial charge in [0.1, 0.15) is 0 Å². The number of hydrogen-bond donors (Lipinski definition) is 1. The average Bonchev–Trinajstić information content (AvgIpc) is 3.04. The predicted octanol–water partition coefficient (Wildman–Crippen LogP) is 3.51. The number of aromatic nitrogens is 2. The minimum atomic E-state index is 0.0465. The van der Waals surface area contributed by atoms with Gasteiger partial charge in [0.2, 0.25) is 11.8 Å². The highest BCUT2D eigenvalue weighted by atomic mass is 32.2. The molecular weight excluding hydrogens is 322 g/mol. The Morgan fingerprint density at radius 2 is 1.96 bits per heavy atom. The summed E-state index contributed by atoms with van der Waals surface area (Å²) in [6.07, 6.45) is 6.51. The molecule has 0 spiro atoms. The van der Waals surface area contributed by atoms with Crippen molar-refractivity contribution in [2.24, 2.45) is 0 Å². The van der Waals surface area contributed by atoms with Gasteiger partial charge in [0, 0.05) is 6.04 Å². The maximum absolute atomic E-state index is 12.0. The predicted molar refractivity (Wildman–Crippen MR) is 94.0 cm³/mol.